The third-order valence-electron chi connectivity index (χ3n) is 4.97. The van der Waals surface area contributed by atoms with Gasteiger partial charge in [0.05, 0.1) is 18.5 Å². The Balaban J connectivity index is 1.52. The first-order valence-electron chi connectivity index (χ1n) is 8.59. The van der Waals surface area contributed by atoms with Crippen LogP contribution in [0.25, 0.3) is 0 Å². The number of rotatable bonds is 3. The molecule has 25 heavy (non-hydrogen) atoms. The lowest BCUT2D eigenvalue weighted by atomic mass is 10.0. The van der Waals surface area contributed by atoms with Crippen LogP contribution >= 0.6 is 0 Å². The topological polar surface area (TPSA) is 61.5 Å². The molecule has 0 spiro atoms. The quantitative estimate of drug-likeness (QED) is 0.924. The number of carbonyl (C=O) groups excluding carboxylic acids is 1. The number of morpholine rings is 1. The van der Waals surface area contributed by atoms with Crippen LogP contribution in [0, 0.1) is 5.82 Å². The van der Waals surface area contributed by atoms with E-state index in [1.807, 2.05) is 6.20 Å². The summed E-state index contributed by atoms with van der Waals surface area (Å²) < 4.78 is 19.1. The van der Waals surface area contributed by atoms with Crippen molar-refractivity contribution < 1.29 is 13.9 Å². The van der Waals surface area contributed by atoms with Crippen molar-refractivity contribution in [3.8, 4) is 0 Å². The van der Waals surface area contributed by atoms with Gasteiger partial charge in [-0.25, -0.2) is 9.37 Å². The highest BCUT2D eigenvalue weighted by atomic mass is 19.1. The summed E-state index contributed by atoms with van der Waals surface area (Å²) in [6, 6.07) is 6.12. The van der Waals surface area contributed by atoms with Gasteiger partial charge in [-0.2, -0.15) is 0 Å². The van der Waals surface area contributed by atoms with Crippen molar-refractivity contribution in [1.82, 2.24) is 14.9 Å². The van der Waals surface area contributed by atoms with Gasteiger partial charge in [0, 0.05) is 37.2 Å². The van der Waals surface area contributed by atoms with E-state index in [1.54, 1.807) is 23.4 Å². The fraction of sp³-hybridized carbons (Fsp3) is 0.444. The van der Waals surface area contributed by atoms with Crippen molar-refractivity contribution in [3.63, 3.8) is 0 Å². The van der Waals surface area contributed by atoms with Crippen LogP contribution in [0.2, 0.25) is 0 Å². The second-order valence-electron chi connectivity index (χ2n) is 6.59. The number of carbonyl (C=O) groups is 1. The van der Waals surface area contributed by atoms with Crippen LogP contribution in [0.4, 0.5) is 10.1 Å². The third kappa shape index (κ3) is 3.43. The van der Waals surface area contributed by atoms with Gasteiger partial charge < -0.3 is 14.6 Å². The lowest BCUT2D eigenvalue weighted by Crippen LogP contribution is -2.54. The smallest absolute Gasteiger partial charge is 0.253 e. The molecule has 2 aliphatic rings. The average molecular weight is 344 g/mol. The van der Waals surface area contributed by atoms with E-state index in [9.17, 15) is 9.18 Å². The van der Waals surface area contributed by atoms with Gasteiger partial charge in [0.2, 0.25) is 0 Å². The third-order valence-corrected chi connectivity index (χ3v) is 4.97. The van der Waals surface area contributed by atoms with Gasteiger partial charge in [-0.1, -0.05) is 0 Å². The molecule has 2 saturated heterocycles. The fourth-order valence-electron chi connectivity index (χ4n) is 3.74. The minimum atomic E-state index is -0.299. The number of fused-ring (bicyclic) bond motifs is 1. The lowest BCUT2D eigenvalue weighted by Gasteiger charge is -2.40. The standard InChI is InChI=1S/C18H21FN4O2/c19-13-1-3-15(4-2-13)23-16-5-7-22(10-14-9-20-12-21-14)8-6-17(16)25-11-18(23)24/h1-4,9,12,16-17H,5-8,10-11H2,(H,20,21)/t16-,17-/m0/s1. The largest absolute Gasteiger partial charge is 0.366 e. The van der Waals surface area contributed by atoms with E-state index < -0.39 is 0 Å². The monoisotopic (exact) mass is 344 g/mol. The number of nitrogens with zero attached hydrogens (tertiary/aromatic N) is 3. The Morgan fingerprint density at radius 1 is 1.24 bits per heavy atom. The number of hydrogen-bond donors (Lipinski definition) is 1. The molecule has 6 nitrogen and oxygen atoms in total. The van der Waals surface area contributed by atoms with Gasteiger partial charge in [0.1, 0.15) is 12.4 Å². The van der Waals surface area contributed by atoms with Gasteiger partial charge in [-0.3, -0.25) is 9.69 Å². The van der Waals surface area contributed by atoms with E-state index in [0.717, 1.165) is 43.9 Å². The summed E-state index contributed by atoms with van der Waals surface area (Å²) in [5.74, 6) is -0.359. The molecule has 2 aromatic rings. The van der Waals surface area contributed by atoms with Crippen LogP contribution in [0.1, 0.15) is 18.5 Å². The Hall–Kier alpha value is -2.25. The summed E-state index contributed by atoms with van der Waals surface area (Å²) in [6.07, 6.45) is 5.22. The minimum Gasteiger partial charge on any atom is -0.366 e. The maximum atomic E-state index is 13.2. The highest BCUT2D eigenvalue weighted by Crippen LogP contribution is 2.29. The number of halogens is 1. The fourth-order valence-corrected chi connectivity index (χ4v) is 3.74. The van der Waals surface area contributed by atoms with E-state index in [4.69, 9.17) is 4.74 Å². The van der Waals surface area contributed by atoms with E-state index in [0.29, 0.717) is 0 Å². The van der Waals surface area contributed by atoms with Gasteiger partial charge in [0.15, 0.2) is 0 Å². The van der Waals surface area contributed by atoms with Crippen LogP contribution < -0.4 is 4.90 Å². The molecule has 1 amide bonds. The van der Waals surface area contributed by atoms with Crippen molar-refractivity contribution in [2.75, 3.05) is 24.6 Å². The number of likely N-dealkylation sites (tertiary alicyclic amines) is 1. The number of nitrogens with one attached hydrogen (secondary N) is 1. The van der Waals surface area contributed by atoms with Crippen molar-refractivity contribution in [3.05, 3.63) is 48.3 Å². The molecule has 3 heterocycles. The molecule has 0 bridgehead atoms. The molecule has 1 aromatic carbocycles. The molecule has 2 fully saturated rings. The zero-order chi connectivity index (χ0) is 17.2. The maximum absolute atomic E-state index is 13.2. The van der Waals surface area contributed by atoms with Crippen molar-refractivity contribution in [2.45, 2.75) is 31.5 Å². The Morgan fingerprint density at radius 2 is 2.04 bits per heavy atom. The molecule has 0 unspecified atom stereocenters. The Kier molecular flexibility index (Phi) is 4.50. The summed E-state index contributed by atoms with van der Waals surface area (Å²) in [7, 11) is 0. The Morgan fingerprint density at radius 3 is 2.80 bits per heavy atom. The van der Waals surface area contributed by atoms with E-state index in [-0.39, 0.29) is 30.5 Å². The highest BCUT2D eigenvalue weighted by molar-refractivity contribution is 5.95. The number of benzene rings is 1. The van der Waals surface area contributed by atoms with Gasteiger partial charge in [0.25, 0.3) is 5.91 Å². The molecule has 7 heteroatoms. The molecule has 4 rings (SSSR count). The van der Waals surface area contributed by atoms with Crippen LogP contribution in [0.3, 0.4) is 0 Å². The summed E-state index contributed by atoms with van der Waals surface area (Å²) in [4.78, 5) is 23.8. The molecule has 1 N–H and O–H groups in total. The number of hydrogen-bond acceptors (Lipinski definition) is 4. The molecule has 0 saturated carbocycles. The average Bonchev–Trinajstić information content (AvgIpc) is 3.04. The zero-order valence-electron chi connectivity index (χ0n) is 13.9. The first-order valence-corrected chi connectivity index (χ1v) is 8.59. The molecular formula is C18H21FN4O2. The molecule has 2 aliphatic heterocycles. The maximum Gasteiger partial charge on any atom is 0.253 e. The summed E-state index contributed by atoms with van der Waals surface area (Å²) in [6.45, 7) is 2.67. The molecular weight excluding hydrogens is 323 g/mol. The van der Waals surface area contributed by atoms with Gasteiger partial charge in [-0.15, -0.1) is 0 Å². The zero-order valence-corrected chi connectivity index (χ0v) is 13.9. The number of imidazole rings is 1. The van der Waals surface area contributed by atoms with Crippen molar-refractivity contribution in [2.24, 2.45) is 0 Å². The number of anilines is 1. The number of aromatic nitrogens is 2. The molecule has 1 aromatic heterocycles. The Labute approximate surface area is 145 Å². The molecule has 132 valence electrons. The molecule has 0 aliphatic carbocycles. The number of amides is 1. The van der Waals surface area contributed by atoms with Crippen LogP contribution in [0.15, 0.2) is 36.8 Å². The number of H-pyrrole nitrogens is 1. The molecule has 0 radical (unpaired) electrons. The van der Waals surface area contributed by atoms with Gasteiger partial charge >= 0.3 is 0 Å². The predicted octanol–water partition coefficient (Wildman–Crippen LogP) is 1.95. The first-order chi connectivity index (χ1) is 12.2. The van der Waals surface area contributed by atoms with Crippen LogP contribution in [0.5, 0.6) is 0 Å². The van der Waals surface area contributed by atoms with E-state index in [2.05, 4.69) is 14.9 Å². The van der Waals surface area contributed by atoms with Gasteiger partial charge in [-0.05, 0) is 37.1 Å². The second kappa shape index (κ2) is 6.93. The Bertz CT molecular complexity index is 719. The van der Waals surface area contributed by atoms with Crippen molar-refractivity contribution >= 4 is 11.6 Å². The van der Waals surface area contributed by atoms with E-state index >= 15 is 0 Å². The normalized spacial score (nSPS) is 24.8. The second-order valence-corrected chi connectivity index (χ2v) is 6.59. The first kappa shape index (κ1) is 16.2. The predicted molar refractivity (Wildman–Crippen MR) is 90.5 cm³/mol. The molecule has 2 atom stereocenters. The number of ether oxygens (including phenoxy) is 1. The van der Waals surface area contributed by atoms with Crippen LogP contribution in [-0.4, -0.2) is 52.6 Å². The summed E-state index contributed by atoms with van der Waals surface area (Å²) >= 11 is 0. The van der Waals surface area contributed by atoms with E-state index in [1.165, 1.54) is 12.1 Å². The SMILES string of the molecule is O=C1CO[C@H]2CCN(Cc3cnc[nH]3)CC[C@@H]2N1c1ccc(F)cc1. The highest BCUT2D eigenvalue weighted by Gasteiger charge is 2.39. The van der Waals surface area contributed by atoms with Crippen molar-refractivity contribution in [1.29, 1.82) is 0 Å². The minimum absolute atomic E-state index is 0.00881. The lowest BCUT2D eigenvalue weighted by molar-refractivity contribution is -0.132. The summed E-state index contributed by atoms with van der Waals surface area (Å²) in [5.41, 5.74) is 1.82. The number of aromatic amines is 1. The summed E-state index contributed by atoms with van der Waals surface area (Å²) in [5, 5.41) is 0. The van der Waals surface area contributed by atoms with Crippen LogP contribution in [-0.2, 0) is 16.1 Å².